The Balaban J connectivity index is 2.03. The van der Waals surface area contributed by atoms with E-state index >= 15 is 0 Å². The predicted molar refractivity (Wildman–Crippen MR) is 59.7 cm³/mol. The molecule has 1 fully saturated rings. The minimum atomic E-state index is 0.00347. The lowest BCUT2D eigenvalue weighted by Gasteiger charge is -2.17. The Hall–Kier alpha value is -1.49. The highest BCUT2D eigenvalue weighted by Crippen LogP contribution is 2.20. The van der Waals surface area contributed by atoms with Crippen LogP contribution in [0.2, 0.25) is 0 Å². The SMILES string of the molecule is CC(N)C1CCN(C(=O)c2cncnc2)C1. The lowest BCUT2D eigenvalue weighted by molar-refractivity contribution is 0.0785. The van der Waals surface area contributed by atoms with E-state index in [1.165, 1.54) is 6.33 Å². The third-order valence-electron chi connectivity index (χ3n) is 3.06. The molecule has 0 radical (unpaired) electrons. The second kappa shape index (κ2) is 4.57. The summed E-state index contributed by atoms with van der Waals surface area (Å²) >= 11 is 0. The fraction of sp³-hybridized carbons (Fsp3) is 0.545. The third-order valence-corrected chi connectivity index (χ3v) is 3.06. The highest BCUT2D eigenvalue weighted by molar-refractivity contribution is 5.93. The normalized spacial score (nSPS) is 22.1. The van der Waals surface area contributed by atoms with Gasteiger partial charge in [0.05, 0.1) is 5.56 Å². The molecule has 1 aliphatic rings. The number of aromatic nitrogens is 2. The van der Waals surface area contributed by atoms with Crippen LogP contribution in [0.15, 0.2) is 18.7 Å². The maximum absolute atomic E-state index is 12.0. The maximum atomic E-state index is 12.0. The smallest absolute Gasteiger partial charge is 0.257 e. The molecule has 2 unspecified atom stereocenters. The number of carbonyl (C=O) groups is 1. The molecule has 0 aliphatic carbocycles. The molecule has 0 saturated carbocycles. The van der Waals surface area contributed by atoms with Crippen molar-refractivity contribution in [1.82, 2.24) is 14.9 Å². The predicted octanol–water partition coefficient (Wildman–Crippen LogP) is 0.286. The molecule has 1 amide bonds. The maximum Gasteiger partial charge on any atom is 0.257 e. The topological polar surface area (TPSA) is 72.1 Å². The summed E-state index contributed by atoms with van der Waals surface area (Å²) in [4.78, 5) is 21.5. The first kappa shape index (κ1) is 11.0. The molecule has 1 aromatic heterocycles. The summed E-state index contributed by atoms with van der Waals surface area (Å²) < 4.78 is 0. The molecule has 1 aliphatic heterocycles. The molecule has 2 rings (SSSR count). The molecule has 0 spiro atoms. The Morgan fingerprint density at radius 2 is 2.25 bits per heavy atom. The van der Waals surface area contributed by atoms with Crippen molar-refractivity contribution in [2.75, 3.05) is 13.1 Å². The van der Waals surface area contributed by atoms with Gasteiger partial charge < -0.3 is 10.6 Å². The van der Waals surface area contributed by atoms with E-state index in [0.717, 1.165) is 19.5 Å². The van der Waals surface area contributed by atoms with Crippen molar-refractivity contribution >= 4 is 5.91 Å². The van der Waals surface area contributed by atoms with Crippen LogP contribution in [0.3, 0.4) is 0 Å². The average molecular weight is 220 g/mol. The Bertz CT molecular complexity index is 366. The van der Waals surface area contributed by atoms with E-state index < -0.39 is 0 Å². The number of amides is 1. The van der Waals surface area contributed by atoms with Crippen LogP contribution >= 0.6 is 0 Å². The summed E-state index contributed by atoms with van der Waals surface area (Å²) in [6.45, 7) is 3.51. The van der Waals surface area contributed by atoms with E-state index in [4.69, 9.17) is 5.73 Å². The molecular formula is C11H16N4O. The van der Waals surface area contributed by atoms with Crippen LogP contribution in [0, 0.1) is 5.92 Å². The minimum Gasteiger partial charge on any atom is -0.338 e. The van der Waals surface area contributed by atoms with E-state index in [0.29, 0.717) is 11.5 Å². The fourth-order valence-corrected chi connectivity index (χ4v) is 1.99. The number of rotatable bonds is 2. The van der Waals surface area contributed by atoms with Crippen LogP contribution in [0.5, 0.6) is 0 Å². The van der Waals surface area contributed by atoms with Crippen LogP contribution in [0.4, 0.5) is 0 Å². The van der Waals surface area contributed by atoms with Crippen LogP contribution in [0.25, 0.3) is 0 Å². The molecule has 5 nitrogen and oxygen atoms in total. The zero-order valence-electron chi connectivity index (χ0n) is 9.34. The summed E-state index contributed by atoms with van der Waals surface area (Å²) in [6.07, 6.45) is 5.51. The summed E-state index contributed by atoms with van der Waals surface area (Å²) in [7, 11) is 0. The fourth-order valence-electron chi connectivity index (χ4n) is 1.99. The first-order chi connectivity index (χ1) is 7.68. The number of nitrogens with zero attached hydrogens (tertiary/aromatic N) is 3. The van der Waals surface area contributed by atoms with Gasteiger partial charge in [0, 0.05) is 31.5 Å². The van der Waals surface area contributed by atoms with Gasteiger partial charge in [-0.3, -0.25) is 4.79 Å². The van der Waals surface area contributed by atoms with Crippen molar-refractivity contribution in [2.24, 2.45) is 11.7 Å². The summed E-state index contributed by atoms with van der Waals surface area (Å²) in [5.41, 5.74) is 6.38. The van der Waals surface area contributed by atoms with E-state index in [1.807, 2.05) is 11.8 Å². The summed E-state index contributed by atoms with van der Waals surface area (Å²) in [5.74, 6) is 0.414. The van der Waals surface area contributed by atoms with Crippen molar-refractivity contribution in [3.63, 3.8) is 0 Å². The molecule has 1 saturated heterocycles. The summed E-state index contributed by atoms with van der Waals surface area (Å²) in [6, 6.07) is 0.143. The van der Waals surface area contributed by atoms with Crippen molar-refractivity contribution in [2.45, 2.75) is 19.4 Å². The number of hydrogen-bond donors (Lipinski definition) is 1. The highest BCUT2D eigenvalue weighted by Gasteiger charge is 2.28. The molecule has 2 heterocycles. The monoisotopic (exact) mass is 220 g/mol. The lowest BCUT2D eigenvalue weighted by Crippen LogP contribution is -2.33. The number of carbonyl (C=O) groups excluding carboxylic acids is 1. The molecule has 1 aromatic rings. The zero-order chi connectivity index (χ0) is 11.5. The van der Waals surface area contributed by atoms with Crippen LogP contribution in [0.1, 0.15) is 23.7 Å². The molecule has 16 heavy (non-hydrogen) atoms. The average Bonchev–Trinajstić information content (AvgIpc) is 2.78. The number of nitrogens with two attached hydrogens (primary N) is 1. The Kier molecular flexibility index (Phi) is 3.14. The second-order valence-corrected chi connectivity index (χ2v) is 4.29. The van der Waals surface area contributed by atoms with Gasteiger partial charge in [0.25, 0.3) is 5.91 Å². The van der Waals surface area contributed by atoms with Crippen molar-refractivity contribution < 1.29 is 4.79 Å². The van der Waals surface area contributed by atoms with Gasteiger partial charge >= 0.3 is 0 Å². The first-order valence-corrected chi connectivity index (χ1v) is 5.48. The van der Waals surface area contributed by atoms with E-state index in [2.05, 4.69) is 9.97 Å². The van der Waals surface area contributed by atoms with Crippen LogP contribution in [-0.4, -0.2) is 39.9 Å². The Morgan fingerprint density at radius 1 is 1.56 bits per heavy atom. The van der Waals surface area contributed by atoms with Gasteiger partial charge in [0.15, 0.2) is 0 Å². The van der Waals surface area contributed by atoms with Crippen LogP contribution < -0.4 is 5.73 Å². The minimum absolute atomic E-state index is 0.00347. The molecule has 2 atom stereocenters. The standard InChI is InChI=1S/C11H16N4O/c1-8(12)9-2-3-15(6-9)11(16)10-4-13-7-14-5-10/h4-5,7-9H,2-3,6,12H2,1H3. The first-order valence-electron chi connectivity index (χ1n) is 5.48. The molecule has 5 heteroatoms. The van der Waals surface area contributed by atoms with Gasteiger partial charge in [-0.2, -0.15) is 0 Å². The van der Waals surface area contributed by atoms with Crippen molar-refractivity contribution in [1.29, 1.82) is 0 Å². The van der Waals surface area contributed by atoms with Gasteiger partial charge in [-0.05, 0) is 19.3 Å². The number of likely N-dealkylation sites (tertiary alicyclic amines) is 1. The van der Waals surface area contributed by atoms with Gasteiger partial charge in [-0.15, -0.1) is 0 Å². The molecular weight excluding hydrogens is 204 g/mol. The van der Waals surface area contributed by atoms with Gasteiger partial charge in [-0.25, -0.2) is 9.97 Å². The van der Waals surface area contributed by atoms with Gasteiger partial charge in [0.2, 0.25) is 0 Å². The van der Waals surface area contributed by atoms with Gasteiger partial charge in [0.1, 0.15) is 6.33 Å². The van der Waals surface area contributed by atoms with E-state index in [9.17, 15) is 4.79 Å². The largest absolute Gasteiger partial charge is 0.338 e. The molecule has 0 aromatic carbocycles. The Labute approximate surface area is 94.7 Å². The Morgan fingerprint density at radius 3 is 2.81 bits per heavy atom. The van der Waals surface area contributed by atoms with Crippen molar-refractivity contribution in [3.05, 3.63) is 24.3 Å². The quantitative estimate of drug-likeness (QED) is 0.777. The molecule has 0 bridgehead atoms. The summed E-state index contributed by atoms with van der Waals surface area (Å²) in [5, 5.41) is 0. The van der Waals surface area contributed by atoms with E-state index in [-0.39, 0.29) is 11.9 Å². The highest BCUT2D eigenvalue weighted by atomic mass is 16.2. The molecule has 86 valence electrons. The van der Waals surface area contributed by atoms with Crippen LogP contribution in [-0.2, 0) is 0 Å². The second-order valence-electron chi connectivity index (χ2n) is 4.29. The third kappa shape index (κ3) is 2.19. The lowest BCUT2D eigenvalue weighted by atomic mass is 10.0. The number of hydrogen-bond acceptors (Lipinski definition) is 4. The van der Waals surface area contributed by atoms with E-state index in [1.54, 1.807) is 12.4 Å². The van der Waals surface area contributed by atoms with Gasteiger partial charge in [-0.1, -0.05) is 0 Å². The molecule has 2 N–H and O–H groups in total. The zero-order valence-corrected chi connectivity index (χ0v) is 9.34. The van der Waals surface area contributed by atoms with Crippen molar-refractivity contribution in [3.8, 4) is 0 Å².